The van der Waals surface area contributed by atoms with E-state index in [1.165, 1.54) is 0 Å². The molecule has 4 nitrogen and oxygen atoms in total. The van der Waals surface area contributed by atoms with Crippen molar-refractivity contribution in [3.63, 3.8) is 0 Å². The first-order chi connectivity index (χ1) is 8.68. The summed E-state index contributed by atoms with van der Waals surface area (Å²) < 4.78 is 0. The van der Waals surface area contributed by atoms with Crippen LogP contribution in [0.4, 0.5) is 0 Å². The summed E-state index contributed by atoms with van der Waals surface area (Å²) in [6.45, 7) is 0.587. The van der Waals surface area contributed by atoms with Gasteiger partial charge in [0, 0.05) is 38.6 Å². The van der Waals surface area contributed by atoms with E-state index in [0.29, 0.717) is 38.6 Å². The molecule has 1 heterocycles. The smallest absolute Gasteiger partial charge is 0.219 e. The molecule has 0 unspecified atom stereocenters. The maximum Gasteiger partial charge on any atom is 0.219 e. The molecule has 102 valence electrons. The quantitative estimate of drug-likeness (QED) is 0.719. The predicted molar refractivity (Wildman–Crippen MR) is 69.2 cm³/mol. The lowest BCUT2D eigenvalue weighted by Gasteiger charge is -2.04. The van der Waals surface area contributed by atoms with E-state index >= 15 is 0 Å². The number of amides is 1. The van der Waals surface area contributed by atoms with Crippen LogP contribution in [0.15, 0.2) is 0 Å². The van der Waals surface area contributed by atoms with Gasteiger partial charge in [-0.1, -0.05) is 0 Å². The molecule has 0 spiro atoms. The van der Waals surface area contributed by atoms with Gasteiger partial charge in [-0.05, 0) is 32.1 Å². The predicted octanol–water partition coefficient (Wildman–Crippen LogP) is 2.16. The van der Waals surface area contributed by atoms with Gasteiger partial charge in [0.25, 0.3) is 0 Å². The molecule has 0 aromatic rings. The zero-order valence-corrected chi connectivity index (χ0v) is 11.0. The highest BCUT2D eigenvalue weighted by Gasteiger charge is 2.07. The summed E-state index contributed by atoms with van der Waals surface area (Å²) in [5.74, 6) is 0.536. The highest BCUT2D eigenvalue weighted by Crippen LogP contribution is 2.09. The van der Waals surface area contributed by atoms with E-state index in [9.17, 15) is 14.4 Å². The number of rotatable bonds is 0. The minimum Gasteiger partial charge on any atom is -0.356 e. The maximum atomic E-state index is 11.5. The molecule has 0 radical (unpaired) electrons. The van der Waals surface area contributed by atoms with E-state index in [1.54, 1.807) is 0 Å². The lowest BCUT2D eigenvalue weighted by atomic mass is 10.0. The minimum atomic E-state index is 0.0322. The van der Waals surface area contributed by atoms with Gasteiger partial charge < -0.3 is 5.32 Å². The fourth-order valence-electron chi connectivity index (χ4n) is 2.10. The van der Waals surface area contributed by atoms with Gasteiger partial charge in [-0.25, -0.2) is 0 Å². The fraction of sp³-hybridized carbons (Fsp3) is 0.786. The Bertz CT molecular complexity index is 228. The SMILES string of the molecule is O=C1CCCCC(=O)CCCNC(=O)CCCC1. The van der Waals surface area contributed by atoms with Gasteiger partial charge in [-0.3, -0.25) is 14.4 Å². The second-order valence-electron chi connectivity index (χ2n) is 4.95. The molecule has 1 amide bonds. The van der Waals surface area contributed by atoms with E-state index in [4.69, 9.17) is 0 Å². The monoisotopic (exact) mass is 253 g/mol. The number of nitrogens with one attached hydrogen (secondary N) is 1. The highest BCUT2D eigenvalue weighted by atomic mass is 16.1. The van der Waals surface area contributed by atoms with Crippen LogP contribution in [0.1, 0.15) is 64.2 Å². The standard InChI is InChI=1S/C14H23NO3/c16-12-6-1-2-7-13(17)9-5-11-15-14(18)10-4-3-8-12/h1-11H2,(H,15,18). The highest BCUT2D eigenvalue weighted by molar-refractivity contribution is 5.80. The topological polar surface area (TPSA) is 63.2 Å². The molecule has 18 heavy (non-hydrogen) atoms. The van der Waals surface area contributed by atoms with Crippen LogP contribution in [0, 0.1) is 0 Å². The minimum absolute atomic E-state index is 0.0322. The second-order valence-corrected chi connectivity index (χ2v) is 4.95. The number of hydrogen-bond acceptors (Lipinski definition) is 3. The second kappa shape index (κ2) is 8.84. The zero-order valence-electron chi connectivity index (χ0n) is 11.0. The molecule has 0 bridgehead atoms. The first kappa shape index (κ1) is 14.9. The van der Waals surface area contributed by atoms with Gasteiger partial charge in [-0.15, -0.1) is 0 Å². The van der Waals surface area contributed by atoms with Gasteiger partial charge >= 0.3 is 0 Å². The molecule has 4 heteroatoms. The van der Waals surface area contributed by atoms with Crippen molar-refractivity contribution in [3.8, 4) is 0 Å². The summed E-state index contributed by atoms with van der Waals surface area (Å²) in [4.78, 5) is 34.4. The molecule has 0 aromatic heterocycles. The summed E-state index contributed by atoms with van der Waals surface area (Å²) in [6, 6.07) is 0. The van der Waals surface area contributed by atoms with E-state index in [-0.39, 0.29) is 17.5 Å². The Morgan fingerprint density at radius 1 is 0.611 bits per heavy atom. The van der Waals surface area contributed by atoms with E-state index in [1.807, 2.05) is 0 Å². The van der Waals surface area contributed by atoms with Crippen LogP contribution in [-0.4, -0.2) is 24.0 Å². The van der Waals surface area contributed by atoms with Crippen LogP contribution in [0.5, 0.6) is 0 Å². The molecular weight excluding hydrogens is 230 g/mol. The molecule has 0 atom stereocenters. The summed E-state index contributed by atoms with van der Waals surface area (Å²) >= 11 is 0. The van der Waals surface area contributed by atoms with Crippen LogP contribution >= 0.6 is 0 Å². The third kappa shape index (κ3) is 7.20. The largest absolute Gasteiger partial charge is 0.356 e. The number of carbonyl (C=O) groups is 3. The van der Waals surface area contributed by atoms with Crippen molar-refractivity contribution in [2.24, 2.45) is 0 Å². The van der Waals surface area contributed by atoms with Gasteiger partial charge in [0.15, 0.2) is 0 Å². The van der Waals surface area contributed by atoms with Crippen molar-refractivity contribution in [3.05, 3.63) is 0 Å². The van der Waals surface area contributed by atoms with Crippen molar-refractivity contribution < 1.29 is 14.4 Å². The summed E-state index contributed by atoms with van der Waals surface area (Å²) in [6.07, 6.45) is 6.68. The Kier molecular flexibility index (Phi) is 7.30. The van der Waals surface area contributed by atoms with Crippen molar-refractivity contribution in [2.45, 2.75) is 64.2 Å². The molecule has 1 aliphatic rings. The number of carbonyl (C=O) groups excluding carboxylic acids is 3. The van der Waals surface area contributed by atoms with E-state index < -0.39 is 0 Å². The van der Waals surface area contributed by atoms with Crippen LogP contribution < -0.4 is 5.32 Å². The van der Waals surface area contributed by atoms with E-state index in [0.717, 1.165) is 32.1 Å². The van der Waals surface area contributed by atoms with Crippen molar-refractivity contribution in [1.82, 2.24) is 5.32 Å². The maximum absolute atomic E-state index is 11.5. The average molecular weight is 253 g/mol. The summed E-state index contributed by atoms with van der Waals surface area (Å²) in [7, 11) is 0. The Balaban J connectivity index is 2.34. The van der Waals surface area contributed by atoms with Gasteiger partial charge in [0.1, 0.15) is 11.6 Å². The Hall–Kier alpha value is -1.19. The molecule has 0 saturated carbocycles. The van der Waals surface area contributed by atoms with Gasteiger partial charge in [0.05, 0.1) is 0 Å². The lowest BCUT2D eigenvalue weighted by Crippen LogP contribution is -2.24. The Morgan fingerprint density at radius 2 is 1.06 bits per heavy atom. The molecule has 1 aliphatic heterocycles. The van der Waals surface area contributed by atoms with Gasteiger partial charge in [0.2, 0.25) is 5.91 Å². The van der Waals surface area contributed by atoms with Crippen LogP contribution in [0.25, 0.3) is 0 Å². The lowest BCUT2D eigenvalue weighted by molar-refractivity contribution is -0.122. The summed E-state index contributed by atoms with van der Waals surface area (Å²) in [5, 5.41) is 2.81. The Labute approximate surface area is 109 Å². The van der Waals surface area contributed by atoms with Crippen LogP contribution in [0.2, 0.25) is 0 Å². The van der Waals surface area contributed by atoms with Crippen molar-refractivity contribution in [2.75, 3.05) is 6.54 Å². The third-order valence-corrected chi connectivity index (χ3v) is 3.23. The molecule has 0 aliphatic carbocycles. The fourth-order valence-corrected chi connectivity index (χ4v) is 2.10. The third-order valence-electron chi connectivity index (χ3n) is 3.23. The average Bonchev–Trinajstić information content (AvgIpc) is 2.35. The van der Waals surface area contributed by atoms with Gasteiger partial charge in [-0.2, -0.15) is 0 Å². The summed E-state index contributed by atoms with van der Waals surface area (Å²) in [5.41, 5.74) is 0. The number of Topliss-reactive ketones (excluding diaryl/α,β-unsaturated/α-hetero) is 2. The molecular formula is C14H23NO3. The molecule has 1 rings (SSSR count). The van der Waals surface area contributed by atoms with E-state index in [2.05, 4.69) is 5.32 Å². The first-order valence-corrected chi connectivity index (χ1v) is 6.98. The van der Waals surface area contributed by atoms with Crippen molar-refractivity contribution >= 4 is 17.5 Å². The number of ketones is 2. The first-order valence-electron chi connectivity index (χ1n) is 6.98. The van der Waals surface area contributed by atoms with Crippen LogP contribution in [-0.2, 0) is 14.4 Å². The molecule has 1 fully saturated rings. The Morgan fingerprint density at radius 3 is 1.61 bits per heavy atom. The molecule has 0 aromatic carbocycles. The molecule has 1 saturated heterocycles. The molecule has 1 N–H and O–H groups in total. The zero-order chi connectivity index (χ0) is 13.2. The van der Waals surface area contributed by atoms with Crippen LogP contribution in [0.3, 0.4) is 0 Å². The van der Waals surface area contributed by atoms with Crippen molar-refractivity contribution in [1.29, 1.82) is 0 Å². The normalized spacial score (nSPS) is 21.9. The number of hydrogen-bond donors (Lipinski definition) is 1.